The van der Waals surface area contributed by atoms with Gasteiger partial charge in [0, 0.05) is 13.2 Å². The fourth-order valence-electron chi connectivity index (χ4n) is 0.578. The molecule has 0 saturated heterocycles. The van der Waals surface area contributed by atoms with Crippen LogP contribution in [-0.4, -0.2) is 15.5 Å². The van der Waals surface area contributed by atoms with Crippen molar-refractivity contribution in [3.63, 3.8) is 0 Å². The number of imidazole rings is 1. The zero-order chi connectivity index (χ0) is 7.56. The number of aryl methyl sites for hydroxylation is 1. The maximum absolute atomic E-state index is 11.4. The van der Waals surface area contributed by atoms with Gasteiger partial charge in [-0.1, -0.05) is 4.48 Å². The SMILES string of the molecule is Cn1cnc(C(=O)NF)c1. The van der Waals surface area contributed by atoms with Crippen LogP contribution in [0, 0.1) is 0 Å². The third-order valence-electron chi connectivity index (χ3n) is 1.02. The van der Waals surface area contributed by atoms with Gasteiger partial charge in [-0.25, -0.2) is 4.98 Å². The van der Waals surface area contributed by atoms with Gasteiger partial charge in [-0.2, -0.15) is 5.54 Å². The van der Waals surface area contributed by atoms with Crippen LogP contribution in [0.2, 0.25) is 0 Å². The van der Waals surface area contributed by atoms with Crippen molar-refractivity contribution in [1.29, 1.82) is 0 Å². The van der Waals surface area contributed by atoms with E-state index >= 15 is 0 Å². The van der Waals surface area contributed by atoms with Crippen LogP contribution < -0.4 is 5.54 Å². The molecular formula is C5H6FN3O. The number of halogens is 1. The predicted molar refractivity (Wildman–Crippen MR) is 31.8 cm³/mol. The average molecular weight is 143 g/mol. The topological polar surface area (TPSA) is 46.9 Å². The van der Waals surface area contributed by atoms with Crippen molar-refractivity contribution in [2.45, 2.75) is 0 Å². The van der Waals surface area contributed by atoms with Gasteiger partial charge in [0.15, 0.2) is 0 Å². The van der Waals surface area contributed by atoms with Gasteiger partial charge in [-0.05, 0) is 0 Å². The van der Waals surface area contributed by atoms with Gasteiger partial charge in [-0.3, -0.25) is 4.79 Å². The number of hydrogen-bond acceptors (Lipinski definition) is 2. The predicted octanol–water partition coefficient (Wildman–Crippen LogP) is 0.0344. The highest BCUT2D eigenvalue weighted by atomic mass is 19.2. The lowest BCUT2D eigenvalue weighted by Gasteiger charge is -1.86. The number of nitrogens with zero attached hydrogens (tertiary/aromatic N) is 2. The number of amides is 1. The second kappa shape index (κ2) is 2.47. The summed E-state index contributed by atoms with van der Waals surface area (Å²) in [4.78, 5) is 14.1. The van der Waals surface area contributed by atoms with E-state index in [-0.39, 0.29) is 5.69 Å². The van der Waals surface area contributed by atoms with Crippen LogP contribution in [0.25, 0.3) is 0 Å². The van der Waals surface area contributed by atoms with E-state index in [1.54, 1.807) is 11.6 Å². The number of carbonyl (C=O) groups is 1. The molecule has 1 amide bonds. The summed E-state index contributed by atoms with van der Waals surface area (Å²) in [6, 6.07) is 0. The van der Waals surface area contributed by atoms with Gasteiger partial charge in [0.05, 0.1) is 6.33 Å². The van der Waals surface area contributed by atoms with E-state index in [0.717, 1.165) is 5.54 Å². The van der Waals surface area contributed by atoms with Crippen LogP contribution in [0.3, 0.4) is 0 Å². The Kier molecular flexibility index (Phi) is 1.66. The molecule has 1 heterocycles. The zero-order valence-electron chi connectivity index (χ0n) is 5.34. The largest absolute Gasteiger partial charge is 0.340 e. The minimum atomic E-state index is -0.819. The van der Waals surface area contributed by atoms with Crippen LogP contribution in [0.1, 0.15) is 10.5 Å². The number of carbonyl (C=O) groups excluding carboxylic acids is 1. The van der Waals surface area contributed by atoms with E-state index in [1.807, 2.05) is 0 Å². The Morgan fingerprint density at radius 1 is 1.90 bits per heavy atom. The smallest absolute Gasteiger partial charge is 0.299 e. The summed E-state index contributed by atoms with van der Waals surface area (Å²) in [5.74, 6) is -0.819. The monoisotopic (exact) mass is 143 g/mol. The molecule has 0 aliphatic heterocycles. The molecule has 1 rings (SSSR count). The Morgan fingerprint density at radius 2 is 2.60 bits per heavy atom. The summed E-state index contributed by atoms with van der Waals surface area (Å²) in [5, 5.41) is 0. The summed E-state index contributed by atoms with van der Waals surface area (Å²) in [5.41, 5.74) is 1.05. The number of aromatic nitrogens is 2. The van der Waals surface area contributed by atoms with Crippen LogP contribution in [-0.2, 0) is 7.05 Å². The lowest BCUT2D eigenvalue weighted by atomic mass is 10.5. The summed E-state index contributed by atoms with van der Waals surface area (Å²) in [6.07, 6.45) is 2.85. The summed E-state index contributed by atoms with van der Waals surface area (Å²) in [7, 11) is 1.70. The molecule has 0 aromatic carbocycles. The van der Waals surface area contributed by atoms with E-state index in [1.165, 1.54) is 12.5 Å². The Labute approximate surface area is 56.6 Å². The minimum Gasteiger partial charge on any atom is -0.340 e. The molecule has 0 bridgehead atoms. The zero-order valence-corrected chi connectivity index (χ0v) is 5.34. The Balaban J connectivity index is 2.85. The first-order valence-corrected chi connectivity index (χ1v) is 2.63. The van der Waals surface area contributed by atoms with Crippen LogP contribution >= 0.6 is 0 Å². The van der Waals surface area contributed by atoms with Crippen molar-refractivity contribution in [3.05, 3.63) is 18.2 Å². The number of hydrogen-bond donors (Lipinski definition) is 1. The van der Waals surface area contributed by atoms with E-state index in [0.29, 0.717) is 0 Å². The molecule has 1 aromatic rings. The highest BCUT2D eigenvalue weighted by Crippen LogP contribution is 1.92. The lowest BCUT2D eigenvalue weighted by Crippen LogP contribution is -2.13. The Bertz CT molecular complexity index is 245. The molecule has 0 atom stereocenters. The van der Waals surface area contributed by atoms with Crippen molar-refractivity contribution >= 4 is 5.91 Å². The Hall–Kier alpha value is -1.39. The molecule has 54 valence electrons. The van der Waals surface area contributed by atoms with Crippen molar-refractivity contribution in [2.75, 3.05) is 0 Å². The molecule has 0 aliphatic carbocycles. The lowest BCUT2D eigenvalue weighted by molar-refractivity contribution is 0.0854. The quantitative estimate of drug-likeness (QED) is 0.564. The maximum Gasteiger partial charge on any atom is 0.299 e. The Morgan fingerprint density at radius 3 is 3.00 bits per heavy atom. The van der Waals surface area contributed by atoms with Gasteiger partial charge in [0.25, 0.3) is 5.91 Å². The fourth-order valence-corrected chi connectivity index (χ4v) is 0.578. The average Bonchev–Trinajstić information content (AvgIpc) is 2.34. The first-order chi connectivity index (χ1) is 4.74. The second-order valence-corrected chi connectivity index (χ2v) is 1.85. The van der Waals surface area contributed by atoms with E-state index in [2.05, 4.69) is 4.98 Å². The molecule has 1 aromatic heterocycles. The van der Waals surface area contributed by atoms with Crippen LogP contribution in [0.5, 0.6) is 0 Å². The molecule has 1 N–H and O–H groups in total. The maximum atomic E-state index is 11.4. The van der Waals surface area contributed by atoms with E-state index in [4.69, 9.17) is 0 Å². The highest BCUT2D eigenvalue weighted by Gasteiger charge is 2.05. The molecule has 0 aliphatic rings. The van der Waals surface area contributed by atoms with E-state index < -0.39 is 5.91 Å². The third kappa shape index (κ3) is 1.12. The van der Waals surface area contributed by atoms with Gasteiger partial charge in [-0.15, -0.1) is 0 Å². The fraction of sp³-hybridized carbons (Fsp3) is 0.200. The van der Waals surface area contributed by atoms with Crippen molar-refractivity contribution in [3.8, 4) is 0 Å². The first-order valence-electron chi connectivity index (χ1n) is 2.63. The van der Waals surface area contributed by atoms with Crippen LogP contribution in [0.4, 0.5) is 4.48 Å². The van der Waals surface area contributed by atoms with Crippen molar-refractivity contribution in [2.24, 2.45) is 7.05 Å². The molecule has 4 nitrogen and oxygen atoms in total. The number of rotatable bonds is 1. The number of nitrogens with one attached hydrogen (secondary N) is 1. The molecular weight excluding hydrogens is 137 g/mol. The van der Waals surface area contributed by atoms with Gasteiger partial charge >= 0.3 is 0 Å². The summed E-state index contributed by atoms with van der Waals surface area (Å²) >= 11 is 0. The van der Waals surface area contributed by atoms with Gasteiger partial charge in [0.2, 0.25) is 0 Å². The van der Waals surface area contributed by atoms with Gasteiger partial charge < -0.3 is 4.57 Å². The van der Waals surface area contributed by atoms with Crippen LogP contribution in [0.15, 0.2) is 12.5 Å². The third-order valence-corrected chi connectivity index (χ3v) is 1.02. The second-order valence-electron chi connectivity index (χ2n) is 1.85. The normalized spacial score (nSPS) is 9.40. The van der Waals surface area contributed by atoms with Crippen molar-refractivity contribution in [1.82, 2.24) is 15.1 Å². The van der Waals surface area contributed by atoms with Crippen molar-refractivity contribution < 1.29 is 9.28 Å². The summed E-state index contributed by atoms with van der Waals surface area (Å²) < 4.78 is 13.0. The molecule has 10 heavy (non-hydrogen) atoms. The van der Waals surface area contributed by atoms with E-state index in [9.17, 15) is 9.28 Å². The molecule has 0 fully saturated rings. The molecule has 0 radical (unpaired) electrons. The molecule has 0 saturated carbocycles. The minimum absolute atomic E-state index is 0.0741. The summed E-state index contributed by atoms with van der Waals surface area (Å²) in [6.45, 7) is 0. The molecule has 0 unspecified atom stereocenters. The highest BCUT2D eigenvalue weighted by molar-refractivity contribution is 5.91. The molecule has 0 spiro atoms. The molecule has 5 heteroatoms. The first kappa shape index (κ1) is 6.73. The van der Waals surface area contributed by atoms with Gasteiger partial charge in [0.1, 0.15) is 5.69 Å². The standard InChI is InChI=1S/C5H6FN3O/c1-9-2-4(7-3-9)5(10)8-6/h2-3H,1H3,(H,8,10).